The summed E-state index contributed by atoms with van der Waals surface area (Å²) >= 11 is 0. The molecule has 0 atom stereocenters. The molecule has 0 N–H and O–H groups in total. The van der Waals surface area contributed by atoms with Crippen LogP contribution in [0.1, 0.15) is 0 Å². The number of aryl methyl sites for hydroxylation is 1. The van der Waals surface area contributed by atoms with Crippen LogP contribution in [0.25, 0.3) is 11.2 Å². The van der Waals surface area contributed by atoms with Crippen molar-refractivity contribution in [3.63, 3.8) is 0 Å². The third-order valence-corrected chi connectivity index (χ3v) is 1.11. The maximum atomic E-state index is 4.94. The average Bonchev–Trinajstić information content (AvgIpc) is 2.22. The van der Waals surface area contributed by atoms with Crippen molar-refractivity contribution in [1.29, 1.82) is 0 Å². The molecule has 2 rings (SSSR count). The molecule has 56 valence electrons. The van der Waals surface area contributed by atoms with Crippen molar-refractivity contribution >= 4 is 11.2 Å². The van der Waals surface area contributed by atoms with E-state index in [-0.39, 0.29) is 21.1 Å². The predicted octanol–water partition coefficient (Wildman–Crippen LogP) is 0.559. The fraction of sp³-hybridized carbons (Fsp3) is 0.200. The van der Waals surface area contributed by atoms with Crippen molar-refractivity contribution in [3.05, 3.63) is 12.3 Å². The van der Waals surface area contributed by atoms with Crippen LogP contribution in [0.15, 0.2) is 16.7 Å². The topological polar surface area (TPSA) is 43.9 Å². The number of aromatic nitrogens is 3. The van der Waals surface area contributed by atoms with Gasteiger partial charge in [-0.2, -0.15) is 4.80 Å². The molecule has 0 aliphatic heterocycles. The van der Waals surface area contributed by atoms with Crippen LogP contribution in [0.2, 0.25) is 0 Å². The van der Waals surface area contributed by atoms with E-state index in [4.69, 9.17) is 4.42 Å². The quantitative estimate of drug-likeness (QED) is 0.713. The van der Waals surface area contributed by atoms with Gasteiger partial charge in [0.1, 0.15) is 0 Å². The minimum absolute atomic E-state index is 0. The number of hydrogen-bond acceptors (Lipinski definition) is 3. The van der Waals surface area contributed by atoms with E-state index in [0.29, 0.717) is 5.71 Å². The van der Waals surface area contributed by atoms with Crippen LogP contribution in [0.4, 0.5) is 0 Å². The predicted molar refractivity (Wildman–Crippen MR) is 30.8 cm³/mol. The first-order valence-electron chi connectivity index (χ1n) is 2.61. The van der Waals surface area contributed by atoms with Gasteiger partial charge in [0.2, 0.25) is 0 Å². The van der Waals surface area contributed by atoms with E-state index in [1.165, 1.54) is 4.80 Å². The molecule has 0 fully saturated rings. The van der Waals surface area contributed by atoms with Crippen molar-refractivity contribution in [2.45, 2.75) is 0 Å². The molecule has 0 radical (unpaired) electrons. The smallest absolute Gasteiger partial charge is 0.266 e. The van der Waals surface area contributed by atoms with Crippen molar-refractivity contribution in [1.82, 2.24) is 15.0 Å². The Labute approximate surface area is 71.5 Å². The molecule has 0 spiro atoms. The largest absolute Gasteiger partial charge is 0.444 e. The number of hydrogen-bond donors (Lipinski definition) is 0. The van der Waals surface area contributed by atoms with E-state index in [2.05, 4.69) is 10.2 Å². The third-order valence-electron chi connectivity index (χ3n) is 1.11. The summed E-state index contributed by atoms with van der Waals surface area (Å²) in [6.45, 7) is 0. The molecule has 5 heteroatoms. The molecule has 2 heterocycles. The van der Waals surface area contributed by atoms with Gasteiger partial charge < -0.3 is 4.42 Å². The second-order valence-electron chi connectivity index (χ2n) is 1.80. The first kappa shape index (κ1) is 7.48. The van der Waals surface area contributed by atoms with E-state index >= 15 is 0 Å². The number of furan rings is 1. The van der Waals surface area contributed by atoms with E-state index in [9.17, 15) is 0 Å². The van der Waals surface area contributed by atoms with Crippen molar-refractivity contribution in [2.75, 3.05) is 0 Å². The van der Waals surface area contributed by atoms with Gasteiger partial charge in [0.25, 0.3) is 5.71 Å². The molecule has 0 bridgehead atoms. The van der Waals surface area contributed by atoms with Gasteiger partial charge in [-0.15, -0.1) is 10.2 Å². The zero-order valence-electron chi connectivity index (χ0n) is 5.22. The second kappa shape index (κ2) is 2.54. The Balaban J connectivity index is 0.000000500. The summed E-state index contributed by atoms with van der Waals surface area (Å²) in [5.41, 5.74) is 1.40. The Hall–Kier alpha value is -0.632. The zero-order chi connectivity index (χ0) is 6.27. The summed E-state index contributed by atoms with van der Waals surface area (Å²) < 4.78 is 4.94. The molecular weight excluding hydrogens is 313 g/mol. The van der Waals surface area contributed by atoms with E-state index in [1.807, 2.05) is 0 Å². The zero-order valence-corrected chi connectivity index (χ0v) is 7.49. The minimum Gasteiger partial charge on any atom is -0.444 e. The first-order valence-corrected chi connectivity index (χ1v) is 2.61. The minimum atomic E-state index is 0. The molecule has 0 saturated heterocycles. The maximum absolute atomic E-state index is 4.94. The van der Waals surface area contributed by atoms with E-state index < -0.39 is 0 Å². The number of nitrogens with zero attached hydrogens (tertiary/aromatic N) is 3. The van der Waals surface area contributed by atoms with Gasteiger partial charge >= 0.3 is 0 Å². The molecule has 2 aromatic rings. The first-order chi connectivity index (χ1) is 4.36. The summed E-state index contributed by atoms with van der Waals surface area (Å²) in [6, 6.07) is 1.78. The fourth-order valence-electron chi connectivity index (χ4n) is 0.755. The monoisotopic (exact) mass is 318 g/mol. The van der Waals surface area contributed by atoms with Crippen LogP contribution in [0.3, 0.4) is 0 Å². The summed E-state index contributed by atoms with van der Waals surface area (Å²) in [4.78, 5) is 1.48. The Morgan fingerprint density at radius 3 is 3.00 bits per heavy atom. The molecule has 2 aromatic heterocycles. The van der Waals surface area contributed by atoms with Crippen LogP contribution in [-0.4, -0.2) is 15.0 Å². The van der Waals surface area contributed by atoms with Crippen LogP contribution in [-0.2, 0) is 28.1 Å². The summed E-state index contributed by atoms with van der Waals surface area (Å²) in [7, 11) is 1.76. The molecule has 4 nitrogen and oxygen atoms in total. The standard InChI is InChI=1S/C5H5N3O.Pt/c1-8-6-4-2-3-9-5(4)7-8;/h2-3H,1H3;. The van der Waals surface area contributed by atoms with E-state index in [0.717, 1.165) is 5.52 Å². The van der Waals surface area contributed by atoms with Crippen molar-refractivity contribution in [2.24, 2.45) is 7.05 Å². The summed E-state index contributed by atoms with van der Waals surface area (Å²) in [6.07, 6.45) is 1.57. The van der Waals surface area contributed by atoms with Gasteiger partial charge in [-0.25, -0.2) is 0 Å². The third kappa shape index (κ3) is 0.991. The molecule has 0 saturated carbocycles. The number of fused-ring (bicyclic) bond motifs is 1. The second-order valence-corrected chi connectivity index (χ2v) is 1.80. The van der Waals surface area contributed by atoms with Crippen molar-refractivity contribution in [3.8, 4) is 0 Å². The molecule has 0 aliphatic carbocycles. The van der Waals surface area contributed by atoms with Crippen LogP contribution in [0.5, 0.6) is 0 Å². The molecule has 0 aromatic carbocycles. The van der Waals surface area contributed by atoms with Gasteiger partial charge in [-0.1, -0.05) is 0 Å². The maximum Gasteiger partial charge on any atom is 0.266 e. The van der Waals surface area contributed by atoms with Crippen LogP contribution < -0.4 is 0 Å². The van der Waals surface area contributed by atoms with Gasteiger partial charge in [0.05, 0.1) is 6.26 Å². The number of rotatable bonds is 0. The summed E-state index contributed by atoms with van der Waals surface area (Å²) in [5.74, 6) is 0. The fourth-order valence-corrected chi connectivity index (χ4v) is 0.755. The normalized spacial score (nSPS) is 9.70. The SMILES string of the molecule is Cn1nc2ccoc2n1.[Pt]. The molecule has 0 unspecified atom stereocenters. The van der Waals surface area contributed by atoms with Crippen LogP contribution >= 0.6 is 0 Å². The van der Waals surface area contributed by atoms with E-state index in [1.54, 1.807) is 19.4 Å². The Kier molecular flexibility index (Phi) is 1.90. The summed E-state index contributed by atoms with van der Waals surface area (Å²) in [5, 5.41) is 7.90. The molecule has 0 aliphatic rings. The Bertz CT molecular complexity index is 298. The van der Waals surface area contributed by atoms with Gasteiger partial charge in [0.15, 0.2) is 5.52 Å². The molecule has 0 amide bonds. The van der Waals surface area contributed by atoms with Gasteiger partial charge in [-0.05, 0) is 0 Å². The average molecular weight is 318 g/mol. The van der Waals surface area contributed by atoms with Gasteiger partial charge in [-0.3, -0.25) is 0 Å². The molecular formula is C5H5N3OPt. The van der Waals surface area contributed by atoms with Crippen LogP contribution in [0, 0.1) is 0 Å². The Morgan fingerprint density at radius 2 is 2.30 bits per heavy atom. The Morgan fingerprint density at radius 1 is 1.50 bits per heavy atom. The van der Waals surface area contributed by atoms with Gasteiger partial charge in [0, 0.05) is 34.2 Å². The van der Waals surface area contributed by atoms with Crippen molar-refractivity contribution < 1.29 is 25.5 Å². The molecule has 10 heavy (non-hydrogen) atoms.